The van der Waals surface area contributed by atoms with E-state index in [2.05, 4.69) is 4.74 Å². The number of esters is 1. The Hall–Kier alpha value is -2.50. The van der Waals surface area contributed by atoms with Gasteiger partial charge in [0.05, 0.1) is 14.2 Å². The summed E-state index contributed by atoms with van der Waals surface area (Å²) in [6.07, 6.45) is 2.40. The van der Waals surface area contributed by atoms with E-state index >= 15 is 0 Å². The topological polar surface area (TPSA) is 65.1 Å². The monoisotopic (exact) mass is 335 g/mol. The number of nitrogens with zero attached hydrogens (tertiary/aromatic N) is 1. The molecule has 0 aliphatic rings. The molecule has 1 aromatic carbocycles. The third-order valence-corrected chi connectivity index (χ3v) is 2.97. The second-order valence-corrected chi connectivity index (χ2v) is 6.13. The van der Waals surface area contributed by atoms with Crippen LogP contribution in [0.5, 0.6) is 5.75 Å². The Kier molecular flexibility index (Phi) is 7.30. The number of methoxy groups -OCH3 is 2. The molecule has 0 heterocycles. The summed E-state index contributed by atoms with van der Waals surface area (Å²) >= 11 is 0. The molecule has 0 spiro atoms. The summed E-state index contributed by atoms with van der Waals surface area (Å²) < 4.78 is 15.1. The molecule has 0 saturated heterocycles. The van der Waals surface area contributed by atoms with E-state index in [1.807, 2.05) is 24.3 Å². The lowest BCUT2D eigenvalue weighted by Gasteiger charge is -2.26. The molecule has 0 aliphatic heterocycles. The van der Waals surface area contributed by atoms with Gasteiger partial charge in [0, 0.05) is 19.2 Å². The van der Waals surface area contributed by atoms with Crippen molar-refractivity contribution in [2.24, 2.45) is 0 Å². The SMILES string of the molecule is COC(=O)/C=C\CN(Cc1ccc(OC)cc1)C(=O)OC(C)(C)C. The van der Waals surface area contributed by atoms with E-state index in [1.165, 1.54) is 18.1 Å². The molecule has 1 aromatic rings. The van der Waals surface area contributed by atoms with Crippen LogP contribution >= 0.6 is 0 Å². The van der Waals surface area contributed by atoms with E-state index in [0.29, 0.717) is 6.54 Å². The van der Waals surface area contributed by atoms with Gasteiger partial charge in [-0.15, -0.1) is 0 Å². The van der Waals surface area contributed by atoms with Crippen LogP contribution in [0.3, 0.4) is 0 Å². The highest BCUT2D eigenvalue weighted by molar-refractivity contribution is 5.81. The van der Waals surface area contributed by atoms with Crippen LogP contribution < -0.4 is 4.74 Å². The number of hydrogen-bond acceptors (Lipinski definition) is 5. The molecule has 0 saturated carbocycles. The van der Waals surface area contributed by atoms with Crippen LogP contribution in [0, 0.1) is 0 Å². The molecular weight excluding hydrogens is 310 g/mol. The van der Waals surface area contributed by atoms with Crippen LogP contribution in [0.2, 0.25) is 0 Å². The van der Waals surface area contributed by atoms with Gasteiger partial charge in [-0.05, 0) is 38.5 Å². The maximum absolute atomic E-state index is 12.4. The van der Waals surface area contributed by atoms with Crippen LogP contribution in [0.25, 0.3) is 0 Å². The van der Waals surface area contributed by atoms with Gasteiger partial charge in [-0.2, -0.15) is 0 Å². The van der Waals surface area contributed by atoms with Crippen molar-refractivity contribution < 1.29 is 23.8 Å². The smallest absolute Gasteiger partial charge is 0.410 e. The van der Waals surface area contributed by atoms with Crippen LogP contribution in [0.1, 0.15) is 26.3 Å². The Labute approximate surface area is 143 Å². The summed E-state index contributed by atoms with van der Waals surface area (Å²) in [6, 6.07) is 7.40. The van der Waals surface area contributed by atoms with Crippen LogP contribution in [-0.2, 0) is 20.8 Å². The molecule has 0 radical (unpaired) electrons. The number of benzene rings is 1. The van der Waals surface area contributed by atoms with Gasteiger partial charge in [0.2, 0.25) is 0 Å². The Balaban J connectivity index is 2.84. The molecule has 0 fully saturated rings. The van der Waals surface area contributed by atoms with Crippen molar-refractivity contribution in [3.63, 3.8) is 0 Å². The van der Waals surface area contributed by atoms with Gasteiger partial charge in [-0.1, -0.05) is 18.2 Å². The van der Waals surface area contributed by atoms with E-state index in [4.69, 9.17) is 9.47 Å². The van der Waals surface area contributed by atoms with Crippen LogP contribution in [0.4, 0.5) is 4.79 Å². The first-order valence-electron chi connectivity index (χ1n) is 7.60. The van der Waals surface area contributed by atoms with Crippen molar-refractivity contribution in [2.75, 3.05) is 20.8 Å². The average molecular weight is 335 g/mol. The fourth-order valence-electron chi connectivity index (χ4n) is 1.83. The lowest BCUT2D eigenvalue weighted by molar-refractivity contribution is -0.134. The molecule has 132 valence electrons. The van der Waals surface area contributed by atoms with Crippen molar-refractivity contribution in [1.82, 2.24) is 4.90 Å². The number of carbonyl (C=O) groups excluding carboxylic acids is 2. The van der Waals surface area contributed by atoms with Gasteiger partial charge in [0.15, 0.2) is 0 Å². The minimum atomic E-state index is -0.596. The summed E-state index contributed by atoms with van der Waals surface area (Å²) in [6.45, 7) is 6.00. The molecule has 0 aromatic heterocycles. The van der Waals surface area contributed by atoms with E-state index in [9.17, 15) is 9.59 Å². The highest BCUT2D eigenvalue weighted by Crippen LogP contribution is 2.15. The van der Waals surface area contributed by atoms with Crippen LogP contribution in [-0.4, -0.2) is 43.3 Å². The van der Waals surface area contributed by atoms with Crippen molar-refractivity contribution in [3.05, 3.63) is 42.0 Å². The zero-order valence-corrected chi connectivity index (χ0v) is 14.9. The highest BCUT2D eigenvalue weighted by atomic mass is 16.6. The van der Waals surface area contributed by atoms with Gasteiger partial charge in [-0.25, -0.2) is 9.59 Å². The molecule has 0 aliphatic carbocycles. The summed E-state index contributed by atoms with van der Waals surface area (Å²) in [4.78, 5) is 25.0. The van der Waals surface area contributed by atoms with Crippen molar-refractivity contribution >= 4 is 12.1 Å². The predicted molar refractivity (Wildman–Crippen MR) is 90.8 cm³/mol. The number of amides is 1. The largest absolute Gasteiger partial charge is 0.497 e. The first kappa shape index (κ1) is 19.5. The van der Waals surface area contributed by atoms with E-state index < -0.39 is 17.7 Å². The molecule has 6 nitrogen and oxygen atoms in total. The summed E-state index contributed by atoms with van der Waals surface area (Å²) in [5.41, 5.74) is 0.328. The number of rotatable bonds is 6. The first-order chi connectivity index (χ1) is 11.2. The standard InChI is InChI=1S/C18H25NO5/c1-18(2,3)24-17(21)19(12-6-7-16(20)23-5)13-14-8-10-15(22-4)11-9-14/h6-11H,12-13H2,1-5H3/b7-6-. The van der Waals surface area contributed by atoms with Crippen molar-refractivity contribution in [3.8, 4) is 5.75 Å². The minimum Gasteiger partial charge on any atom is -0.497 e. The lowest BCUT2D eigenvalue weighted by Crippen LogP contribution is -2.36. The minimum absolute atomic E-state index is 0.232. The quantitative estimate of drug-likeness (QED) is 0.590. The Morgan fingerprint density at radius 2 is 1.75 bits per heavy atom. The highest BCUT2D eigenvalue weighted by Gasteiger charge is 2.21. The first-order valence-corrected chi connectivity index (χ1v) is 7.60. The number of ether oxygens (including phenoxy) is 3. The Bertz CT molecular complexity index is 572. The predicted octanol–water partition coefficient (Wildman–Crippen LogP) is 3.16. The molecule has 0 N–H and O–H groups in total. The van der Waals surface area contributed by atoms with Gasteiger partial charge in [0.1, 0.15) is 11.4 Å². The van der Waals surface area contributed by atoms with Crippen molar-refractivity contribution in [2.45, 2.75) is 32.9 Å². The normalized spacial score (nSPS) is 11.2. The summed E-state index contributed by atoms with van der Waals surface area (Å²) in [7, 11) is 2.90. The van der Waals surface area contributed by atoms with E-state index in [-0.39, 0.29) is 6.54 Å². The van der Waals surface area contributed by atoms with E-state index in [1.54, 1.807) is 34.0 Å². The maximum Gasteiger partial charge on any atom is 0.410 e. The third-order valence-electron chi connectivity index (χ3n) is 2.97. The number of hydrogen-bond donors (Lipinski definition) is 0. The molecule has 0 atom stereocenters. The Morgan fingerprint density at radius 1 is 1.12 bits per heavy atom. The second-order valence-electron chi connectivity index (χ2n) is 6.13. The molecule has 24 heavy (non-hydrogen) atoms. The Morgan fingerprint density at radius 3 is 2.25 bits per heavy atom. The van der Waals surface area contributed by atoms with Gasteiger partial charge < -0.3 is 19.1 Å². The maximum atomic E-state index is 12.4. The van der Waals surface area contributed by atoms with Gasteiger partial charge in [-0.3, -0.25) is 0 Å². The molecule has 6 heteroatoms. The average Bonchev–Trinajstić information content (AvgIpc) is 2.52. The van der Waals surface area contributed by atoms with Crippen LogP contribution in [0.15, 0.2) is 36.4 Å². The molecular formula is C18H25NO5. The zero-order valence-electron chi connectivity index (χ0n) is 14.9. The second kappa shape index (κ2) is 8.96. The summed E-state index contributed by atoms with van der Waals surface area (Å²) in [5.74, 6) is 0.275. The van der Waals surface area contributed by atoms with Gasteiger partial charge in [0.25, 0.3) is 0 Å². The fourth-order valence-corrected chi connectivity index (χ4v) is 1.83. The van der Waals surface area contributed by atoms with Gasteiger partial charge >= 0.3 is 12.1 Å². The number of carbonyl (C=O) groups is 2. The van der Waals surface area contributed by atoms with E-state index in [0.717, 1.165) is 11.3 Å². The molecule has 0 unspecified atom stereocenters. The third kappa shape index (κ3) is 7.17. The fraction of sp³-hybridized carbons (Fsp3) is 0.444. The molecule has 1 amide bonds. The lowest BCUT2D eigenvalue weighted by atomic mass is 10.2. The summed E-state index contributed by atoms with van der Waals surface area (Å²) in [5, 5.41) is 0. The molecule has 1 rings (SSSR count). The van der Waals surface area contributed by atoms with Crippen molar-refractivity contribution in [1.29, 1.82) is 0 Å². The molecule has 0 bridgehead atoms. The zero-order chi connectivity index (χ0) is 18.2.